The molecule has 0 amide bonds. The van der Waals surface area contributed by atoms with Gasteiger partial charge in [0.15, 0.2) is 0 Å². The van der Waals surface area contributed by atoms with E-state index >= 15 is 0 Å². The predicted molar refractivity (Wildman–Crippen MR) is 66.1 cm³/mol. The van der Waals surface area contributed by atoms with Gasteiger partial charge in [-0.3, -0.25) is 0 Å². The third-order valence-corrected chi connectivity index (χ3v) is 2.58. The van der Waals surface area contributed by atoms with Crippen molar-refractivity contribution >= 4 is 23.3 Å². The summed E-state index contributed by atoms with van der Waals surface area (Å²) >= 11 is 5.76. The molecule has 0 saturated carbocycles. The lowest BCUT2D eigenvalue weighted by Gasteiger charge is -2.19. The predicted octanol–water partition coefficient (Wildman–Crippen LogP) is 2.73. The van der Waals surface area contributed by atoms with Crippen LogP contribution in [0.25, 0.3) is 0 Å². The molecule has 0 aromatic heterocycles. The van der Waals surface area contributed by atoms with Crippen molar-refractivity contribution in [3.05, 3.63) is 28.8 Å². The van der Waals surface area contributed by atoms with Crippen molar-refractivity contribution in [1.82, 2.24) is 0 Å². The lowest BCUT2D eigenvalue weighted by Crippen LogP contribution is -2.34. The maximum Gasteiger partial charge on any atom is 0.326 e. The molecule has 1 rings (SSSR count). The minimum atomic E-state index is -0.946. The Balaban J connectivity index is 3.02. The minimum absolute atomic E-state index is 0.0882. The maximum atomic E-state index is 11.0. The summed E-state index contributed by atoms with van der Waals surface area (Å²) in [5.41, 5.74) is 0.822. The number of anilines is 1. The number of carbonyl (C=O) groups is 1. The van der Waals surface area contributed by atoms with E-state index in [9.17, 15) is 4.79 Å². The molecule has 2 N–H and O–H groups in total. The van der Waals surface area contributed by atoms with Crippen LogP contribution in [0.15, 0.2) is 18.2 Å². The van der Waals surface area contributed by atoms with Crippen molar-refractivity contribution in [2.75, 3.05) is 5.32 Å². The van der Waals surface area contributed by atoms with Crippen molar-refractivity contribution in [3.8, 4) is 6.07 Å². The zero-order valence-corrected chi connectivity index (χ0v) is 10.3. The molecule has 0 aliphatic carbocycles. The van der Waals surface area contributed by atoms with Gasteiger partial charge in [0.1, 0.15) is 12.1 Å². The fourth-order valence-corrected chi connectivity index (χ4v) is 1.59. The van der Waals surface area contributed by atoms with Crippen molar-refractivity contribution < 1.29 is 9.90 Å². The molecule has 0 spiro atoms. The van der Waals surface area contributed by atoms with E-state index in [1.807, 2.05) is 6.07 Å². The average molecular weight is 253 g/mol. The van der Waals surface area contributed by atoms with E-state index in [2.05, 4.69) is 5.32 Å². The number of rotatable bonds is 4. The number of benzene rings is 1. The van der Waals surface area contributed by atoms with E-state index in [1.54, 1.807) is 26.0 Å². The molecule has 0 fully saturated rings. The standard InChI is InChI=1S/C12H13ClN2O2/c1-7(2)11(12(16)17)15-10-4-3-9(13)5-8(10)6-14/h3-5,7,11,15H,1-2H3,(H,16,17)/t11-/m0/s1. The molecular formula is C12H13ClN2O2. The summed E-state index contributed by atoms with van der Waals surface area (Å²) in [6, 6.07) is 5.98. The number of carboxylic acid groups (broad SMARTS) is 1. The summed E-state index contributed by atoms with van der Waals surface area (Å²) in [6.45, 7) is 3.60. The average Bonchev–Trinajstić information content (AvgIpc) is 2.26. The molecule has 0 aliphatic rings. The quantitative estimate of drug-likeness (QED) is 0.864. The van der Waals surface area contributed by atoms with Crippen LogP contribution in [0.2, 0.25) is 5.02 Å². The Morgan fingerprint density at radius 1 is 1.53 bits per heavy atom. The van der Waals surface area contributed by atoms with Gasteiger partial charge in [0.05, 0.1) is 11.3 Å². The Bertz CT molecular complexity index is 466. The summed E-state index contributed by atoms with van der Waals surface area (Å²) < 4.78 is 0. The third kappa shape index (κ3) is 3.36. The van der Waals surface area contributed by atoms with Gasteiger partial charge in [0.2, 0.25) is 0 Å². The van der Waals surface area contributed by atoms with Crippen LogP contribution in [0.4, 0.5) is 5.69 Å². The van der Waals surface area contributed by atoms with Gasteiger partial charge in [-0.2, -0.15) is 5.26 Å². The van der Waals surface area contributed by atoms with Crippen molar-refractivity contribution in [1.29, 1.82) is 5.26 Å². The highest BCUT2D eigenvalue weighted by molar-refractivity contribution is 6.30. The van der Waals surface area contributed by atoms with E-state index in [-0.39, 0.29) is 5.92 Å². The third-order valence-electron chi connectivity index (χ3n) is 2.35. The maximum absolute atomic E-state index is 11.0. The Kier molecular flexibility index (Phi) is 4.36. The summed E-state index contributed by atoms with van der Waals surface area (Å²) in [5.74, 6) is -1.03. The lowest BCUT2D eigenvalue weighted by molar-refractivity contribution is -0.138. The normalized spacial score (nSPS) is 11.9. The van der Waals surface area contributed by atoms with Gasteiger partial charge >= 0.3 is 5.97 Å². The molecule has 4 nitrogen and oxygen atoms in total. The summed E-state index contributed by atoms with van der Waals surface area (Å²) in [6.07, 6.45) is 0. The van der Waals surface area contributed by atoms with E-state index in [1.165, 1.54) is 6.07 Å². The topological polar surface area (TPSA) is 73.1 Å². The first-order chi connectivity index (χ1) is 7.95. The molecule has 90 valence electrons. The van der Waals surface area contributed by atoms with Crippen LogP contribution >= 0.6 is 11.6 Å². The second kappa shape index (κ2) is 5.55. The largest absolute Gasteiger partial charge is 0.480 e. The Labute approximate surface area is 105 Å². The number of carboxylic acids is 1. The van der Waals surface area contributed by atoms with Crippen LogP contribution < -0.4 is 5.32 Å². The van der Waals surface area contributed by atoms with Gasteiger partial charge in [-0.1, -0.05) is 25.4 Å². The Morgan fingerprint density at radius 2 is 2.18 bits per heavy atom. The Morgan fingerprint density at radius 3 is 2.65 bits per heavy atom. The van der Waals surface area contributed by atoms with E-state index in [4.69, 9.17) is 22.0 Å². The highest BCUT2D eigenvalue weighted by Gasteiger charge is 2.22. The number of aliphatic carboxylic acids is 1. The minimum Gasteiger partial charge on any atom is -0.480 e. The molecule has 1 aromatic carbocycles. The Hall–Kier alpha value is -1.73. The van der Waals surface area contributed by atoms with Gasteiger partial charge < -0.3 is 10.4 Å². The molecule has 0 aliphatic heterocycles. The van der Waals surface area contributed by atoms with Crippen LogP contribution in [0.5, 0.6) is 0 Å². The zero-order chi connectivity index (χ0) is 13.0. The molecule has 0 saturated heterocycles. The monoisotopic (exact) mass is 252 g/mol. The van der Waals surface area contributed by atoms with Crippen LogP contribution in [-0.4, -0.2) is 17.1 Å². The molecule has 1 aromatic rings. The summed E-state index contributed by atoms with van der Waals surface area (Å²) in [4.78, 5) is 11.0. The number of hydrogen-bond acceptors (Lipinski definition) is 3. The highest BCUT2D eigenvalue weighted by Crippen LogP contribution is 2.22. The fourth-order valence-electron chi connectivity index (χ4n) is 1.42. The molecule has 5 heteroatoms. The first kappa shape index (κ1) is 13.3. The fraction of sp³-hybridized carbons (Fsp3) is 0.333. The molecule has 0 radical (unpaired) electrons. The number of nitriles is 1. The van der Waals surface area contributed by atoms with Gasteiger partial charge in [-0.05, 0) is 24.1 Å². The first-order valence-electron chi connectivity index (χ1n) is 5.14. The number of halogens is 1. The highest BCUT2D eigenvalue weighted by atomic mass is 35.5. The molecule has 1 atom stereocenters. The van der Waals surface area contributed by atoms with Crippen molar-refractivity contribution in [2.45, 2.75) is 19.9 Å². The molecular weight excluding hydrogens is 240 g/mol. The van der Waals surface area contributed by atoms with Gasteiger partial charge in [-0.15, -0.1) is 0 Å². The van der Waals surface area contributed by atoms with Crippen LogP contribution in [0, 0.1) is 17.2 Å². The summed E-state index contributed by atoms with van der Waals surface area (Å²) in [5, 5.41) is 21.3. The van der Waals surface area contributed by atoms with E-state index in [0.717, 1.165) is 0 Å². The molecule has 0 bridgehead atoms. The van der Waals surface area contributed by atoms with E-state index < -0.39 is 12.0 Å². The van der Waals surface area contributed by atoms with Crippen molar-refractivity contribution in [3.63, 3.8) is 0 Å². The SMILES string of the molecule is CC(C)[C@H](Nc1ccc(Cl)cc1C#N)C(=O)O. The van der Waals surface area contributed by atoms with Gasteiger partial charge in [-0.25, -0.2) is 4.79 Å². The smallest absolute Gasteiger partial charge is 0.326 e. The van der Waals surface area contributed by atoms with Gasteiger partial charge in [0.25, 0.3) is 0 Å². The second-order valence-electron chi connectivity index (χ2n) is 4.01. The number of hydrogen-bond donors (Lipinski definition) is 2. The van der Waals surface area contributed by atoms with Crippen molar-refractivity contribution in [2.24, 2.45) is 5.92 Å². The van der Waals surface area contributed by atoms with Crippen LogP contribution in [0.1, 0.15) is 19.4 Å². The molecule has 17 heavy (non-hydrogen) atoms. The second-order valence-corrected chi connectivity index (χ2v) is 4.44. The molecule has 0 heterocycles. The number of nitrogens with one attached hydrogen (secondary N) is 1. The van der Waals surface area contributed by atoms with Gasteiger partial charge in [0, 0.05) is 5.02 Å². The number of nitrogens with zero attached hydrogens (tertiary/aromatic N) is 1. The van der Waals surface area contributed by atoms with E-state index in [0.29, 0.717) is 16.3 Å². The zero-order valence-electron chi connectivity index (χ0n) is 9.57. The molecule has 0 unspecified atom stereocenters. The van der Waals surface area contributed by atoms with Crippen LogP contribution in [-0.2, 0) is 4.79 Å². The summed E-state index contributed by atoms with van der Waals surface area (Å²) in [7, 11) is 0. The van der Waals surface area contributed by atoms with Crippen LogP contribution in [0.3, 0.4) is 0 Å². The first-order valence-corrected chi connectivity index (χ1v) is 5.52. The lowest BCUT2D eigenvalue weighted by atomic mass is 10.0.